The van der Waals surface area contributed by atoms with Crippen molar-refractivity contribution in [3.8, 4) is 0 Å². The standard InChI is InChI=1S/C25H31FN2O4S/c26-22-9-7-21(8-10-22)25(13-17-32-18-14-25)19-27-24(29)20-5-11-23(12-6-20)33(30,31)28-15-3-1-2-4-16-28/h5-12H,1-4,13-19H2,(H,27,29). The van der Waals surface area contributed by atoms with Gasteiger partial charge in [-0.25, -0.2) is 12.8 Å². The van der Waals surface area contributed by atoms with Crippen LogP contribution in [0.25, 0.3) is 0 Å². The van der Waals surface area contributed by atoms with E-state index in [4.69, 9.17) is 4.74 Å². The molecule has 1 amide bonds. The van der Waals surface area contributed by atoms with Crippen molar-refractivity contribution in [3.05, 3.63) is 65.5 Å². The summed E-state index contributed by atoms with van der Waals surface area (Å²) in [4.78, 5) is 13.1. The minimum atomic E-state index is -3.55. The Hall–Kier alpha value is -2.29. The second-order valence-corrected chi connectivity index (χ2v) is 10.9. The highest BCUT2D eigenvalue weighted by Gasteiger charge is 2.35. The Balaban J connectivity index is 1.45. The van der Waals surface area contributed by atoms with Gasteiger partial charge in [0, 0.05) is 43.8 Å². The zero-order valence-corrected chi connectivity index (χ0v) is 19.6. The largest absolute Gasteiger partial charge is 0.381 e. The number of rotatable bonds is 6. The number of hydrogen-bond donors (Lipinski definition) is 1. The van der Waals surface area contributed by atoms with Crippen molar-refractivity contribution in [1.29, 1.82) is 0 Å². The summed E-state index contributed by atoms with van der Waals surface area (Å²) in [6, 6.07) is 12.6. The van der Waals surface area contributed by atoms with Crippen LogP contribution < -0.4 is 5.32 Å². The SMILES string of the molecule is O=C(NCC1(c2ccc(F)cc2)CCOCC1)c1ccc(S(=O)(=O)N2CCCCCC2)cc1. The van der Waals surface area contributed by atoms with Crippen LogP contribution in [-0.4, -0.2) is 51.5 Å². The number of halogens is 1. The molecule has 4 rings (SSSR count). The normalized spacial score (nSPS) is 19.5. The van der Waals surface area contributed by atoms with Gasteiger partial charge in [-0.3, -0.25) is 4.79 Å². The first-order valence-corrected chi connectivity index (χ1v) is 13.1. The molecule has 0 radical (unpaired) electrons. The molecule has 2 fully saturated rings. The van der Waals surface area contributed by atoms with Crippen LogP contribution in [0, 0.1) is 5.82 Å². The van der Waals surface area contributed by atoms with Crippen LogP contribution in [0.1, 0.15) is 54.4 Å². The van der Waals surface area contributed by atoms with Gasteiger partial charge in [0.25, 0.3) is 5.91 Å². The van der Waals surface area contributed by atoms with Crippen molar-refractivity contribution in [1.82, 2.24) is 9.62 Å². The maximum Gasteiger partial charge on any atom is 0.251 e. The first kappa shape index (κ1) is 23.9. The van der Waals surface area contributed by atoms with Gasteiger partial charge < -0.3 is 10.1 Å². The molecule has 1 N–H and O–H groups in total. The number of carbonyl (C=O) groups is 1. The van der Waals surface area contributed by atoms with Crippen molar-refractivity contribution in [2.24, 2.45) is 0 Å². The Bertz CT molecular complexity index is 1040. The van der Waals surface area contributed by atoms with E-state index in [-0.39, 0.29) is 22.0 Å². The van der Waals surface area contributed by atoms with Crippen molar-refractivity contribution in [2.45, 2.75) is 48.8 Å². The molecule has 178 valence electrons. The first-order chi connectivity index (χ1) is 15.9. The molecule has 0 aliphatic carbocycles. The van der Waals surface area contributed by atoms with Crippen molar-refractivity contribution < 1.29 is 22.3 Å². The minimum Gasteiger partial charge on any atom is -0.381 e. The summed E-state index contributed by atoms with van der Waals surface area (Å²) < 4.78 is 46.4. The quantitative estimate of drug-likeness (QED) is 0.690. The van der Waals surface area contributed by atoms with E-state index >= 15 is 0 Å². The average molecular weight is 475 g/mol. The van der Waals surface area contributed by atoms with E-state index in [1.54, 1.807) is 28.6 Å². The molecule has 0 spiro atoms. The van der Waals surface area contributed by atoms with E-state index in [9.17, 15) is 17.6 Å². The fourth-order valence-electron chi connectivity index (χ4n) is 4.69. The number of nitrogens with one attached hydrogen (secondary N) is 1. The molecule has 2 aliphatic heterocycles. The highest BCUT2D eigenvalue weighted by Crippen LogP contribution is 2.34. The fraction of sp³-hybridized carbons (Fsp3) is 0.480. The molecule has 0 atom stereocenters. The predicted octanol–water partition coefficient (Wildman–Crippen LogP) is 3.87. The monoisotopic (exact) mass is 474 g/mol. The summed E-state index contributed by atoms with van der Waals surface area (Å²) in [5.74, 6) is -0.554. The maximum absolute atomic E-state index is 13.4. The van der Waals surface area contributed by atoms with E-state index in [0.717, 1.165) is 44.1 Å². The van der Waals surface area contributed by atoms with Gasteiger partial charge in [0.2, 0.25) is 10.0 Å². The predicted molar refractivity (Wildman–Crippen MR) is 124 cm³/mol. The van der Waals surface area contributed by atoms with Crippen LogP contribution in [0.3, 0.4) is 0 Å². The van der Waals surface area contributed by atoms with Gasteiger partial charge in [-0.15, -0.1) is 0 Å². The number of nitrogens with zero attached hydrogens (tertiary/aromatic N) is 1. The summed E-state index contributed by atoms with van der Waals surface area (Å²) in [5.41, 5.74) is 1.06. The molecule has 0 unspecified atom stereocenters. The van der Waals surface area contributed by atoms with Crippen LogP contribution in [0.15, 0.2) is 53.4 Å². The third-order valence-electron chi connectivity index (χ3n) is 6.81. The van der Waals surface area contributed by atoms with Crippen LogP contribution in [0.4, 0.5) is 4.39 Å². The van der Waals surface area contributed by atoms with Gasteiger partial charge in [-0.1, -0.05) is 25.0 Å². The number of hydrogen-bond acceptors (Lipinski definition) is 4. The second kappa shape index (κ2) is 10.3. The molecule has 6 nitrogen and oxygen atoms in total. The number of ether oxygens (including phenoxy) is 1. The van der Waals surface area contributed by atoms with Crippen LogP contribution in [0.2, 0.25) is 0 Å². The molecule has 2 aromatic carbocycles. The molecule has 33 heavy (non-hydrogen) atoms. The average Bonchev–Trinajstić information content (AvgIpc) is 3.14. The van der Waals surface area contributed by atoms with Crippen molar-refractivity contribution >= 4 is 15.9 Å². The molecule has 2 aromatic rings. The third kappa shape index (κ3) is 5.45. The maximum atomic E-state index is 13.4. The Labute approximate surface area is 195 Å². The number of carbonyl (C=O) groups excluding carboxylic acids is 1. The van der Waals surface area contributed by atoms with Gasteiger partial charge in [0.1, 0.15) is 5.82 Å². The van der Waals surface area contributed by atoms with E-state index in [1.807, 2.05) is 0 Å². The third-order valence-corrected chi connectivity index (χ3v) is 8.73. The highest BCUT2D eigenvalue weighted by atomic mass is 32.2. The molecule has 2 heterocycles. The zero-order valence-electron chi connectivity index (χ0n) is 18.8. The van der Waals surface area contributed by atoms with Gasteiger partial charge in [-0.05, 0) is 67.6 Å². The van der Waals surface area contributed by atoms with E-state index < -0.39 is 10.0 Å². The number of amides is 1. The van der Waals surface area contributed by atoms with Crippen LogP contribution in [-0.2, 0) is 20.2 Å². The van der Waals surface area contributed by atoms with Crippen molar-refractivity contribution in [3.63, 3.8) is 0 Å². The Morgan fingerprint density at radius 2 is 1.55 bits per heavy atom. The Morgan fingerprint density at radius 1 is 0.939 bits per heavy atom. The van der Waals surface area contributed by atoms with E-state index in [0.29, 0.717) is 38.4 Å². The Kier molecular flexibility index (Phi) is 7.46. The summed E-state index contributed by atoms with van der Waals surface area (Å²) >= 11 is 0. The minimum absolute atomic E-state index is 0.216. The molecule has 8 heteroatoms. The van der Waals surface area contributed by atoms with Gasteiger partial charge in [0.15, 0.2) is 0 Å². The molecule has 0 aromatic heterocycles. The van der Waals surface area contributed by atoms with Crippen LogP contribution in [0.5, 0.6) is 0 Å². The lowest BCUT2D eigenvalue weighted by molar-refractivity contribution is 0.0487. The number of sulfonamides is 1. The van der Waals surface area contributed by atoms with Crippen molar-refractivity contribution in [2.75, 3.05) is 32.8 Å². The lowest BCUT2D eigenvalue weighted by Gasteiger charge is -2.38. The van der Waals surface area contributed by atoms with Gasteiger partial charge in [0.05, 0.1) is 4.90 Å². The molecule has 2 saturated heterocycles. The molecular formula is C25H31FN2O4S. The number of benzene rings is 2. The summed E-state index contributed by atoms with van der Waals surface area (Å²) in [6.07, 6.45) is 5.31. The first-order valence-electron chi connectivity index (χ1n) is 11.6. The topological polar surface area (TPSA) is 75.7 Å². The molecule has 0 saturated carbocycles. The van der Waals surface area contributed by atoms with Crippen LogP contribution >= 0.6 is 0 Å². The second-order valence-electron chi connectivity index (χ2n) is 8.92. The lowest BCUT2D eigenvalue weighted by Crippen LogP contribution is -2.44. The molecule has 0 bridgehead atoms. The Morgan fingerprint density at radius 3 is 2.15 bits per heavy atom. The van der Waals surface area contributed by atoms with Gasteiger partial charge in [-0.2, -0.15) is 4.31 Å². The lowest BCUT2D eigenvalue weighted by atomic mass is 9.74. The smallest absolute Gasteiger partial charge is 0.251 e. The van der Waals surface area contributed by atoms with E-state index in [1.165, 1.54) is 24.3 Å². The van der Waals surface area contributed by atoms with Gasteiger partial charge >= 0.3 is 0 Å². The zero-order chi connectivity index (χ0) is 23.3. The summed E-state index contributed by atoms with van der Waals surface area (Å²) in [6.45, 7) is 2.64. The van der Waals surface area contributed by atoms with E-state index in [2.05, 4.69) is 5.32 Å². The summed E-state index contributed by atoms with van der Waals surface area (Å²) in [7, 11) is -3.55. The highest BCUT2D eigenvalue weighted by molar-refractivity contribution is 7.89. The molecule has 2 aliphatic rings. The summed E-state index contributed by atoms with van der Waals surface area (Å²) in [5, 5.41) is 3.00. The molecular weight excluding hydrogens is 443 g/mol. The fourth-order valence-corrected chi connectivity index (χ4v) is 6.21.